The number of carbonyl (C=O) groups is 1. The summed E-state index contributed by atoms with van der Waals surface area (Å²) in [5, 5.41) is 0. The van der Waals surface area contributed by atoms with Crippen molar-refractivity contribution in [2.24, 2.45) is 0 Å². The fourth-order valence-corrected chi connectivity index (χ4v) is 1.74. The van der Waals surface area contributed by atoms with Gasteiger partial charge in [-0.3, -0.25) is 0 Å². The van der Waals surface area contributed by atoms with E-state index in [9.17, 15) is 4.79 Å². The standard InChI is InChI=1S/C10H20O2.2Bi.5H/c1-2-3-4-5-6-7-8-9-10(11)12;;;;;;;/h2-9H2,1H3,(H,11,12);;;;;;;/q;;+1;;;;;/p-1. The van der Waals surface area contributed by atoms with Gasteiger partial charge < -0.3 is 0 Å². The summed E-state index contributed by atoms with van der Waals surface area (Å²) in [4.78, 5) is 10.8. The normalized spacial score (nSPS) is 9.29. The number of carbonyl (C=O) groups excluding carboxylic acids is 1. The Morgan fingerprint density at radius 3 is 2.07 bits per heavy atom. The van der Waals surface area contributed by atoms with Crippen LogP contribution in [0.3, 0.4) is 0 Å². The van der Waals surface area contributed by atoms with Gasteiger partial charge in [0.15, 0.2) is 0 Å². The predicted octanol–water partition coefficient (Wildman–Crippen LogP) is 1.03. The average Bonchev–Trinajstić information content (AvgIpc) is 2.16. The third-order valence-electron chi connectivity index (χ3n) is 2.12. The van der Waals surface area contributed by atoms with Crippen LogP contribution < -0.4 is 0 Å². The Labute approximate surface area is 122 Å². The molecule has 0 atom stereocenters. The van der Waals surface area contributed by atoms with E-state index in [1.165, 1.54) is 38.5 Å². The molecule has 0 saturated heterocycles. The van der Waals surface area contributed by atoms with Crippen molar-refractivity contribution in [3.05, 3.63) is 0 Å². The second-order valence-electron chi connectivity index (χ2n) is 3.36. The second-order valence-corrected chi connectivity index (χ2v) is 4.28. The monoisotopic (exact) mass is 594 g/mol. The van der Waals surface area contributed by atoms with Crippen LogP contribution in [0.4, 0.5) is 0 Å². The third kappa shape index (κ3) is 13.2. The van der Waals surface area contributed by atoms with Crippen LogP contribution in [0.5, 0.6) is 0 Å². The molecule has 0 aromatic carbocycles. The predicted molar refractivity (Wildman–Crippen MR) is 67.2 cm³/mol. The molecular formula is C10H24Bi2O2. The zero-order valence-corrected chi connectivity index (χ0v) is 19.2. The summed E-state index contributed by atoms with van der Waals surface area (Å²) in [5.74, 6) is -0.00134. The molecule has 0 amide bonds. The molecule has 0 heterocycles. The Bertz CT molecular complexity index is 129. The van der Waals surface area contributed by atoms with Crippen LogP contribution in [-0.2, 0) is 7.61 Å². The van der Waals surface area contributed by atoms with Gasteiger partial charge in [-0.15, -0.1) is 0 Å². The van der Waals surface area contributed by atoms with Gasteiger partial charge in [-0.1, -0.05) is 0 Å². The molecule has 0 aliphatic rings. The zero-order chi connectivity index (χ0) is 9.94. The summed E-state index contributed by atoms with van der Waals surface area (Å²) in [5.41, 5.74) is 0. The molecule has 14 heavy (non-hydrogen) atoms. The molecule has 0 aliphatic heterocycles. The van der Waals surface area contributed by atoms with E-state index in [-0.39, 0.29) is 32.2 Å². The minimum absolute atomic E-state index is 0. The van der Waals surface area contributed by atoms with Crippen molar-refractivity contribution >= 4 is 57.3 Å². The molecule has 0 fully saturated rings. The first kappa shape index (κ1) is 17.6. The first-order valence-electron chi connectivity index (χ1n) is 5.20. The molecule has 2 nitrogen and oxygen atoms in total. The summed E-state index contributed by atoms with van der Waals surface area (Å²) < 4.78 is 4.72. The van der Waals surface area contributed by atoms with E-state index in [1.54, 1.807) is 0 Å². The zero-order valence-electron chi connectivity index (χ0n) is 9.26. The average molecular weight is 594 g/mol. The van der Waals surface area contributed by atoms with Crippen LogP contribution in [0.25, 0.3) is 0 Å². The van der Waals surface area contributed by atoms with E-state index in [0.717, 1.165) is 6.42 Å². The van der Waals surface area contributed by atoms with Crippen molar-refractivity contribution < 1.29 is 7.61 Å². The van der Waals surface area contributed by atoms with Crippen molar-refractivity contribution in [2.75, 3.05) is 0 Å². The Hall–Kier alpha value is 1.24. The van der Waals surface area contributed by atoms with E-state index < -0.39 is 0 Å². The molecule has 4 heteroatoms. The van der Waals surface area contributed by atoms with Crippen LogP contribution in [0, 0.1) is 0 Å². The Morgan fingerprint density at radius 1 is 1.07 bits per heavy atom. The van der Waals surface area contributed by atoms with Gasteiger partial charge >= 0.3 is 123 Å². The van der Waals surface area contributed by atoms with Gasteiger partial charge in [0, 0.05) is 0 Å². The van der Waals surface area contributed by atoms with Gasteiger partial charge in [-0.05, 0) is 0 Å². The first-order chi connectivity index (χ1) is 6.31. The summed E-state index contributed by atoms with van der Waals surface area (Å²) in [7, 11) is 0. The van der Waals surface area contributed by atoms with Gasteiger partial charge in [0.05, 0.1) is 0 Å². The molecule has 0 saturated carbocycles. The third-order valence-corrected chi connectivity index (χ3v) is 3.14. The van der Waals surface area contributed by atoms with E-state index in [0.29, 0.717) is 31.6 Å². The number of hydrogen-bond donors (Lipinski definition) is 0. The molecule has 0 aromatic heterocycles. The second kappa shape index (κ2) is 14.2. The molecule has 0 aromatic rings. The van der Waals surface area contributed by atoms with Crippen LogP contribution >= 0.6 is 0 Å². The molecule has 0 N–H and O–H groups in total. The number of hydrogen-bond acceptors (Lipinski definition) is 2. The molecule has 0 rings (SSSR count). The Kier molecular flexibility index (Phi) is 17.9. The maximum absolute atomic E-state index is 10.8. The van der Waals surface area contributed by atoms with Gasteiger partial charge in [-0.2, -0.15) is 0 Å². The molecule has 86 valence electrons. The Morgan fingerprint density at radius 2 is 1.57 bits per heavy atom. The van der Waals surface area contributed by atoms with E-state index in [1.807, 2.05) is 0 Å². The first-order valence-corrected chi connectivity index (χ1v) is 7.04. The quantitative estimate of drug-likeness (QED) is 0.311. The van der Waals surface area contributed by atoms with Crippen LogP contribution in [0.15, 0.2) is 0 Å². The number of unbranched alkanes of at least 4 members (excludes halogenated alkanes) is 6. The van der Waals surface area contributed by atoms with Crippen LogP contribution in [0.2, 0.25) is 0 Å². The summed E-state index contributed by atoms with van der Waals surface area (Å²) in [6, 6.07) is 0. The topological polar surface area (TPSA) is 26.3 Å². The Balaban J connectivity index is 0. The van der Waals surface area contributed by atoms with Crippen molar-refractivity contribution in [1.82, 2.24) is 0 Å². The van der Waals surface area contributed by atoms with Gasteiger partial charge in [0.25, 0.3) is 0 Å². The minimum atomic E-state index is -0.00134. The van der Waals surface area contributed by atoms with Crippen LogP contribution in [-0.4, -0.2) is 57.3 Å². The molecule has 0 spiro atoms. The van der Waals surface area contributed by atoms with E-state index in [2.05, 4.69) is 6.92 Å². The molecule has 0 bridgehead atoms. The molecular weight excluding hydrogens is 570 g/mol. The van der Waals surface area contributed by atoms with E-state index >= 15 is 0 Å². The molecule has 0 radical (unpaired) electrons. The summed E-state index contributed by atoms with van der Waals surface area (Å²) in [6.07, 6.45) is 9.42. The SMILES string of the molecule is CCCCCCCCCC(=O)[O][BiH2].[BiH3]. The van der Waals surface area contributed by atoms with Crippen molar-refractivity contribution in [1.29, 1.82) is 0 Å². The fraction of sp³-hybridized carbons (Fsp3) is 0.900. The van der Waals surface area contributed by atoms with Gasteiger partial charge in [0.1, 0.15) is 0 Å². The van der Waals surface area contributed by atoms with Crippen molar-refractivity contribution in [3.8, 4) is 0 Å². The van der Waals surface area contributed by atoms with E-state index in [4.69, 9.17) is 2.81 Å². The molecule has 0 aliphatic carbocycles. The van der Waals surface area contributed by atoms with Gasteiger partial charge in [-0.25, -0.2) is 0 Å². The summed E-state index contributed by atoms with van der Waals surface area (Å²) >= 11 is 0.363. The summed E-state index contributed by atoms with van der Waals surface area (Å²) in [6.45, 7) is 2.22. The number of rotatable bonds is 8. The maximum atomic E-state index is 10.8. The van der Waals surface area contributed by atoms with Crippen LogP contribution in [0.1, 0.15) is 58.3 Å². The van der Waals surface area contributed by atoms with Crippen molar-refractivity contribution in [3.63, 3.8) is 0 Å². The van der Waals surface area contributed by atoms with Gasteiger partial charge in [0.2, 0.25) is 0 Å². The molecule has 0 unspecified atom stereocenters. The fourth-order valence-electron chi connectivity index (χ4n) is 1.29. The van der Waals surface area contributed by atoms with Crippen molar-refractivity contribution in [2.45, 2.75) is 58.3 Å².